The van der Waals surface area contributed by atoms with Gasteiger partial charge < -0.3 is 9.30 Å². The zero-order valence-corrected chi connectivity index (χ0v) is 16.7. The maximum Gasteiger partial charge on any atom is 0.277 e. The molecule has 0 aliphatic rings. The van der Waals surface area contributed by atoms with Gasteiger partial charge in [0, 0.05) is 22.6 Å². The van der Waals surface area contributed by atoms with Gasteiger partial charge in [0.25, 0.3) is 5.91 Å². The number of hydrogen-bond donors (Lipinski definition) is 1. The number of nitrogens with zero attached hydrogens (tertiary/aromatic N) is 2. The van der Waals surface area contributed by atoms with Crippen LogP contribution in [0.2, 0.25) is 0 Å². The van der Waals surface area contributed by atoms with E-state index in [2.05, 4.69) is 53.2 Å². The summed E-state index contributed by atoms with van der Waals surface area (Å²) in [6.07, 6.45) is 1.67. The Morgan fingerprint density at radius 1 is 1.07 bits per heavy atom. The number of carbonyl (C=O) groups excluding carboxylic acids is 1. The molecule has 1 aromatic heterocycles. The molecule has 2 aromatic carbocycles. The summed E-state index contributed by atoms with van der Waals surface area (Å²) in [5.41, 5.74) is 8.97. The smallest absolute Gasteiger partial charge is 0.277 e. The van der Waals surface area contributed by atoms with Gasteiger partial charge in [0.1, 0.15) is 5.75 Å². The lowest BCUT2D eigenvalue weighted by Crippen LogP contribution is -2.24. The van der Waals surface area contributed by atoms with Crippen molar-refractivity contribution in [2.24, 2.45) is 5.10 Å². The SMILES string of the molecule is Cc1cccc(-n2c(C)cc(/C=N\NC(=O)COc3ccccc3C)c2C)c1. The summed E-state index contributed by atoms with van der Waals surface area (Å²) in [6, 6.07) is 18.0. The number of para-hydroxylation sites is 1. The number of rotatable bonds is 6. The second-order valence-corrected chi connectivity index (χ2v) is 6.85. The molecule has 1 N–H and O–H groups in total. The molecule has 0 radical (unpaired) electrons. The second-order valence-electron chi connectivity index (χ2n) is 6.85. The molecule has 0 bridgehead atoms. The fourth-order valence-corrected chi connectivity index (χ4v) is 3.15. The van der Waals surface area contributed by atoms with Crippen LogP contribution in [-0.2, 0) is 4.79 Å². The van der Waals surface area contributed by atoms with Crippen molar-refractivity contribution in [1.29, 1.82) is 0 Å². The number of hydrogen-bond acceptors (Lipinski definition) is 3. The Morgan fingerprint density at radius 2 is 1.86 bits per heavy atom. The first-order valence-electron chi connectivity index (χ1n) is 9.22. The third-order valence-electron chi connectivity index (χ3n) is 4.58. The Balaban J connectivity index is 1.64. The van der Waals surface area contributed by atoms with Crippen molar-refractivity contribution in [2.45, 2.75) is 27.7 Å². The summed E-state index contributed by atoms with van der Waals surface area (Å²) in [7, 11) is 0. The van der Waals surface area contributed by atoms with Gasteiger partial charge in [-0.25, -0.2) is 5.43 Å². The minimum Gasteiger partial charge on any atom is -0.483 e. The Morgan fingerprint density at radius 3 is 2.61 bits per heavy atom. The first-order chi connectivity index (χ1) is 13.5. The average molecular weight is 375 g/mol. The van der Waals surface area contributed by atoms with Crippen LogP contribution in [0.3, 0.4) is 0 Å². The highest BCUT2D eigenvalue weighted by atomic mass is 16.5. The minimum absolute atomic E-state index is 0.0789. The van der Waals surface area contributed by atoms with E-state index in [1.165, 1.54) is 5.56 Å². The summed E-state index contributed by atoms with van der Waals surface area (Å²) in [4.78, 5) is 12.0. The van der Waals surface area contributed by atoms with Crippen LogP contribution >= 0.6 is 0 Å². The molecule has 0 unspecified atom stereocenters. The summed E-state index contributed by atoms with van der Waals surface area (Å²) in [5.74, 6) is 0.398. The van der Waals surface area contributed by atoms with Gasteiger partial charge in [0.2, 0.25) is 0 Å². The quantitative estimate of drug-likeness (QED) is 0.517. The van der Waals surface area contributed by atoms with Crippen molar-refractivity contribution in [3.05, 3.63) is 82.7 Å². The zero-order chi connectivity index (χ0) is 20.1. The number of carbonyl (C=O) groups is 1. The number of benzene rings is 2. The van der Waals surface area contributed by atoms with E-state index in [0.717, 1.165) is 28.2 Å². The topological polar surface area (TPSA) is 55.6 Å². The van der Waals surface area contributed by atoms with E-state index in [9.17, 15) is 4.79 Å². The van der Waals surface area contributed by atoms with Crippen molar-refractivity contribution < 1.29 is 9.53 Å². The van der Waals surface area contributed by atoms with Crippen LogP contribution < -0.4 is 10.2 Å². The number of aromatic nitrogens is 1. The van der Waals surface area contributed by atoms with Crippen molar-refractivity contribution in [1.82, 2.24) is 9.99 Å². The average Bonchev–Trinajstić information content (AvgIpc) is 2.94. The molecule has 5 heteroatoms. The summed E-state index contributed by atoms with van der Waals surface area (Å²) in [6.45, 7) is 8.04. The Hall–Kier alpha value is -3.34. The lowest BCUT2D eigenvalue weighted by molar-refractivity contribution is -0.123. The molecule has 3 aromatic rings. The molecule has 0 atom stereocenters. The molecular formula is C23H25N3O2. The lowest BCUT2D eigenvalue weighted by Gasteiger charge is -2.10. The van der Waals surface area contributed by atoms with Crippen LogP contribution in [0.25, 0.3) is 5.69 Å². The largest absolute Gasteiger partial charge is 0.483 e. The Labute approximate surface area is 165 Å². The summed E-state index contributed by atoms with van der Waals surface area (Å²) >= 11 is 0. The molecule has 0 fully saturated rings. The van der Waals surface area contributed by atoms with Gasteiger partial charge in [-0.3, -0.25) is 4.79 Å². The molecular weight excluding hydrogens is 350 g/mol. The molecule has 5 nitrogen and oxygen atoms in total. The van der Waals surface area contributed by atoms with Crippen LogP contribution in [0, 0.1) is 27.7 Å². The van der Waals surface area contributed by atoms with E-state index in [1.807, 2.05) is 44.2 Å². The van der Waals surface area contributed by atoms with E-state index in [1.54, 1.807) is 6.21 Å². The highest BCUT2D eigenvalue weighted by molar-refractivity contribution is 5.84. The predicted molar refractivity (Wildman–Crippen MR) is 112 cm³/mol. The van der Waals surface area contributed by atoms with Crippen LogP contribution in [0.5, 0.6) is 5.75 Å². The number of hydrazone groups is 1. The van der Waals surface area contributed by atoms with Crippen LogP contribution in [-0.4, -0.2) is 23.3 Å². The molecule has 144 valence electrons. The second kappa shape index (κ2) is 8.57. The van der Waals surface area contributed by atoms with E-state index >= 15 is 0 Å². The molecule has 0 aliphatic heterocycles. The number of nitrogens with one attached hydrogen (secondary N) is 1. The van der Waals surface area contributed by atoms with Gasteiger partial charge in [-0.1, -0.05) is 30.3 Å². The van der Waals surface area contributed by atoms with Gasteiger partial charge in [0.15, 0.2) is 6.61 Å². The number of aryl methyl sites for hydroxylation is 3. The normalized spacial score (nSPS) is 11.0. The third-order valence-corrected chi connectivity index (χ3v) is 4.58. The van der Waals surface area contributed by atoms with Crippen LogP contribution in [0.15, 0.2) is 59.7 Å². The highest BCUT2D eigenvalue weighted by Gasteiger charge is 2.10. The zero-order valence-electron chi connectivity index (χ0n) is 16.7. The first-order valence-corrected chi connectivity index (χ1v) is 9.22. The van der Waals surface area contributed by atoms with E-state index in [0.29, 0.717) is 5.75 Å². The molecule has 1 heterocycles. The lowest BCUT2D eigenvalue weighted by atomic mass is 10.2. The first kappa shape index (κ1) is 19.4. The molecule has 0 saturated heterocycles. The van der Waals surface area contributed by atoms with Crippen molar-refractivity contribution in [2.75, 3.05) is 6.61 Å². The van der Waals surface area contributed by atoms with E-state index in [4.69, 9.17) is 4.74 Å². The van der Waals surface area contributed by atoms with Crippen LogP contribution in [0.1, 0.15) is 28.1 Å². The number of ether oxygens (including phenoxy) is 1. The maximum atomic E-state index is 12.0. The van der Waals surface area contributed by atoms with Gasteiger partial charge in [-0.15, -0.1) is 0 Å². The monoisotopic (exact) mass is 375 g/mol. The van der Waals surface area contributed by atoms with Gasteiger partial charge in [-0.2, -0.15) is 5.10 Å². The fourth-order valence-electron chi connectivity index (χ4n) is 3.15. The number of amides is 1. The maximum absolute atomic E-state index is 12.0. The van der Waals surface area contributed by atoms with E-state index in [-0.39, 0.29) is 12.5 Å². The minimum atomic E-state index is -0.299. The van der Waals surface area contributed by atoms with Gasteiger partial charge in [0.05, 0.1) is 6.21 Å². The molecule has 0 spiro atoms. The van der Waals surface area contributed by atoms with Gasteiger partial charge >= 0.3 is 0 Å². The van der Waals surface area contributed by atoms with Crippen molar-refractivity contribution in [3.8, 4) is 11.4 Å². The summed E-state index contributed by atoms with van der Waals surface area (Å²) in [5, 5.41) is 4.08. The third kappa shape index (κ3) is 4.49. The predicted octanol–water partition coefficient (Wildman–Crippen LogP) is 4.24. The van der Waals surface area contributed by atoms with Gasteiger partial charge in [-0.05, 0) is 63.1 Å². The highest BCUT2D eigenvalue weighted by Crippen LogP contribution is 2.20. The molecule has 0 aliphatic carbocycles. The van der Waals surface area contributed by atoms with E-state index < -0.39 is 0 Å². The van der Waals surface area contributed by atoms with Crippen LogP contribution in [0.4, 0.5) is 0 Å². The summed E-state index contributed by atoms with van der Waals surface area (Å²) < 4.78 is 7.71. The molecule has 1 amide bonds. The standard InChI is InChI=1S/C23H25N3O2/c1-16-8-7-10-21(12-16)26-18(3)13-20(19(26)4)14-24-25-23(27)15-28-22-11-6-5-9-17(22)2/h5-14H,15H2,1-4H3,(H,25,27)/b24-14-. The molecule has 3 rings (SSSR count). The Bertz CT molecular complexity index is 1020. The Kier molecular flexibility index (Phi) is 5.94. The molecule has 28 heavy (non-hydrogen) atoms. The fraction of sp³-hybridized carbons (Fsp3) is 0.217. The van der Waals surface area contributed by atoms with Crippen molar-refractivity contribution in [3.63, 3.8) is 0 Å². The molecule has 0 saturated carbocycles. The van der Waals surface area contributed by atoms with Crippen molar-refractivity contribution >= 4 is 12.1 Å².